The summed E-state index contributed by atoms with van der Waals surface area (Å²) in [5, 5.41) is 8.10. The van der Waals surface area contributed by atoms with Crippen LogP contribution in [0.15, 0.2) is 48.5 Å². The Labute approximate surface area is 182 Å². The zero-order chi connectivity index (χ0) is 22.9. The molecule has 0 unspecified atom stereocenters. The van der Waals surface area contributed by atoms with Crippen LogP contribution >= 0.6 is 0 Å². The summed E-state index contributed by atoms with van der Waals surface area (Å²) in [6.07, 6.45) is -0.206. The second-order valence-electron chi connectivity index (χ2n) is 7.88. The lowest BCUT2D eigenvalue weighted by Gasteiger charge is -2.19. The second-order valence-corrected chi connectivity index (χ2v) is 7.88. The maximum absolute atomic E-state index is 12.2. The molecule has 0 aliphatic carbocycles. The first-order chi connectivity index (χ1) is 14.6. The van der Waals surface area contributed by atoms with E-state index in [0.29, 0.717) is 11.4 Å². The Morgan fingerprint density at radius 1 is 0.839 bits per heavy atom. The highest BCUT2D eigenvalue weighted by atomic mass is 16.6. The van der Waals surface area contributed by atoms with Crippen LogP contribution in [0.4, 0.5) is 16.2 Å². The summed E-state index contributed by atoms with van der Waals surface area (Å²) in [7, 11) is 1.59. The average Bonchev–Trinajstić information content (AvgIpc) is 2.68. The van der Waals surface area contributed by atoms with Crippen molar-refractivity contribution in [1.29, 1.82) is 0 Å². The molecule has 3 N–H and O–H groups in total. The number of amides is 3. The fraction of sp³-hybridized carbons (Fsp3) is 0.348. The molecule has 0 aliphatic rings. The van der Waals surface area contributed by atoms with Gasteiger partial charge in [-0.3, -0.25) is 9.59 Å². The van der Waals surface area contributed by atoms with E-state index in [1.165, 1.54) is 0 Å². The van der Waals surface area contributed by atoms with Gasteiger partial charge in [-0.2, -0.15) is 0 Å². The fourth-order valence-electron chi connectivity index (χ4n) is 2.59. The van der Waals surface area contributed by atoms with E-state index in [-0.39, 0.29) is 31.2 Å². The van der Waals surface area contributed by atoms with Crippen molar-refractivity contribution in [2.75, 3.05) is 24.3 Å². The molecule has 2 aromatic carbocycles. The third kappa shape index (κ3) is 9.20. The van der Waals surface area contributed by atoms with E-state index in [2.05, 4.69) is 16.0 Å². The molecule has 0 saturated heterocycles. The Kier molecular flexibility index (Phi) is 8.43. The number of benzene rings is 2. The summed E-state index contributed by atoms with van der Waals surface area (Å²) < 4.78 is 10.2. The molecule has 0 spiro atoms. The number of ether oxygens (including phenoxy) is 2. The Morgan fingerprint density at radius 3 is 1.90 bits per heavy atom. The lowest BCUT2D eigenvalue weighted by atomic mass is 10.1. The topological polar surface area (TPSA) is 106 Å². The van der Waals surface area contributed by atoms with Crippen molar-refractivity contribution in [1.82, 2.24) is 5.32 Å². The quantitative estimate of drug-likeness (QED) is 0.595. The maximum Gasteiger partial charge on any atom is 0.407 e. The molecule has 166 valence electrons. The highest BCUT2D eigenvalue weighted by Crippen LogP contribution is 2.15. The zero-order valence-corrected chi connectivity index (χ0v) is 18.3. The minimum Gasteiger partial charge on any atom is -0.497 e. The Balaban J connectivity index is 1.74. The van der Waals surface area contributed by atoms with Crippen molar-refractivity contribution in [2.45, 2.75) is 39.2 Å². The zero-order valence-electron chi connectivity index (χ0n) is 18.3. The molecule has 0 fully saturated rings. The first-order valence-electron chi connectivity index (χ1n) is 9.94. The van der Waals surface area contributed by atoms with Crippen molar-refractivity contribution >= 4 is 29.3 Å². The van der Waals surface area contributed by atoms with Gasteiger partial charge in [0.1, 0.15) is 11.4 Å². The molecular weight excluding hydrogens is 398 g/mol. The van der Waals surface area contributed by atoms with Gasteiger partial charge in [0.25, 0.3) is 0 Å². The van der Waals surface area contributed by atoms with Crippen LogP contribution in [-0.2, 0) is 20.7 Å². The number of methoxy groups -OCH3 is 1. The molecule has 0 saturated carbocycles. The predicted octanol–water partition coefficient (Wildman–Crippen LogP) is 3.73. The fourth-order valence-corrected chi connectivity index (χ4v) is 2.59. The van der Waals surface area contributed by atoms with Crippen molar-refractivity contribution in [2.24, 2.45) is 0 Å². The van der Waals surface area contributed by atoms with Gasteiger partial charge in [0.15, 0.2) is 0 Å². The lowest BCUT2D eigenvalue weighted by molar-refractivity contribution is -0.116. The molecule has 0 aliphatic heterocycles. The SMILES string of the molecule is COc1ccc(CC(=O)Nc2ccc(NC(=O)CCNC(=O)OC(C)(C)C)cc2)cc1. The molecular formula is C23H29N3O5. The molecule has 31 heavy (non-hydrogen) atoms. The van der Waals surface area contributed by atoms with Gasteiger partial charge in [-0.15, -0.1) is 0 Å². The number of rotatable bonds is 8. The van der Waals surface area contributed by atoms with E-state index < -0.39 is 11.7 Å². The monoisotopic (exact) mass is 427 g/mol. The number of nitrogens with one attached hydrogen (secondary N) is 3. The molecule has 0 heterocycles. The molecule has 2 rings (SSSR count). The van der Waals surface area contributed by atoms with Crippen LogP contribution in [0.5, 0.6) is 5.75 Å². The summed E-state index contributed by atoms with van der Waals surface area (Å²) >= 11 is 0. The molecule has 0 aromatic heterocycles. The van der Waals surface area contributed by atoms with Crippen LogP contribution in [0.2, 0.25) is 0 Å². The summed E-state index contributed by atoms with van der Waals surface area (Å²) in [6.45, 7) is 5.47. The standard InChI is InChI=1S/C23H29N3O5/c1-23(2,3)31-22(29)24-14-13-20(27)25-17-7-9-18(10-8-17)26-21(28)15-16-5-11-19(30-4)12-6-16/h5-12H,13-15H2,1-4H3,(H,24,29)(H,25,27)(H,26,28). The van der Waals surface area contributed by atoms with Gasteiger partial charge in [0, 0.05) is 24.3 Å². The smallest absolute Gasteiger partial charge is 0.407 e. The van der Waals surface area contributed by atoms with Gasteiger partial charge in [-0.05, 0) is 62.7 Å². The number of hydrogen-bond donors (Lipinski definition) is 3. The van der Waals surface area contributed by atoms with Crippen molar-refractivity contribution in [3.05, 3.63) is 54.1 Å². The van der Waals surface area contributed by atoms with E-state index in [9.17, 15) is 14.4 Å². The molecule has 8 nitrogen and oxygen atoms in total. The lowest BCUT2D eigenvalue weighted by Crippen LogP contribution is -2.34. The number of carbonyl (C=O) groups excluding carboxylic acids is 3. The number of carbonyl (C=O) groups is 3. The number of alkyl carbamates (subject to hydrolysis) is 1. The Hall–Kier alpha value is -3.55. The summed E-state index contributed by atoms with van der Waals surface area (Å²) in [6, 6.07) is 14.1. The molecule has 3 amide bonds. The first-order valence-corrected chi connectivity index (χ1v) is 9.94. The van der Waals surface area contributed by atoms with Gasteiger partial charge >= 0.3 is 6.09 Å². The first kappa shape index (κ1) is 23.7. The van der Waals surface area contributed by atoms with E-state index in [1.807, 2.05) is 24.3 Å². The third-order valence-electron chi connectivity index (χ3n) is 4.00. The summed E-state index contributed by atoms with van der Waals surface area (Å²) in [5.74, 6) is 0.352. The van der Waals surface area contributed by atoms with Crippen LogP contribution in [-0.4, -0.2) is 37.2 Å². The van der Waals surface area contributed by atoms with Gasteiger partial charge in [-0.1, -0.05) is 12.1 Å². The molecule has 0 bridgehead atoms. The normalized spacial score (nSPS) is 10.7. The third-order valence-corrected chi connectivity index (χ3v) is 4.00. The predicted molar refractivity (Wildman–Crippen MR) is 119 cm³/mol. The second kappa shape index (κ2) is 11.0. The van der Waals surface area contributed by atoms with E-state index in [0.717, 1.165) is 11.3 Å². The van der Waals surface area contributed by atoms with Gasteiger partial charge in [0.05, 0.1) is 13.5 Å². The van der Waals surface area contributed by atoms with Crippen LogP contribution < -0.4 is 20.7 Å². The van der Waals surface area contributed by atoms with Crippen molar-refractivity contribution in [3.63, 3.8) is 0 Å². The van der Waals surface area contributed by atoms with E-state index in [1.54, 1.807) is 52.1 Å². The highest BCUT2D eigenvalue weighted by Gasteiger charge is 2.16. The van der Waals surface area contributed by atoms with Crippen molar-refractivity contribution < 1.29 is 23.9 Å². The van der Waals surface area contributed by atoms with Crippen LogP contribution in [0, 0.1) is 0 Å². The van der Waals surface area contributed by atoms with Crippen LogP contribution in [0.1, 0.15) is 32.8 Å². The van der Waals surface area contributed by atoms with Crippen molar-refractivity contribution in [3.8, 4) is 5.75 Å². The van der Waals surface area contributed by atoms with Crippen LogP contribution in [0.25, 0.3) is 0 Å². The number of anilines is 2. The maximum atomic E-state index is 12.2. The highest BCUT2D eigenvalue weighted by molar-refractivity contribution is 5.94. The number of hydrogen-bond acceptors (Lipinski definition) is 5. The van der Waals surface area contributed by atoms with Crippen LogP contribution in [0.3, 0.4) is 0 Å². The van der Waals surface area contributed by atoms with Gasteiger partial charge < -0.3 is 25.4 Å². The Bertz CT molecular complexity index is 887. The summed E-state index contributed by atoms with van der Waals surface area (Å²) in [5.41, 5.74) is 1.51. The van der Waals surface area contributed by atoms with E-state index in [4.69, 9.17) is 9.47 Å². The van der Waals surface area contributed by atoms with E-state index >= 15 is 0 Å². The Morgan fingerprint density at radius 2 is 1.39 bits per heavy atom. The van der Waals surface area contributed by atoms with Gasteiger partial charge in [0.2, 0.25) is 11.8 Å². The minimum absolute atomic E-state index is 0.111. The molecule has 8 heteroatoms. The largest absolute Gasteiger partial charge is 0.497 e. The van der Waals surface area contributed by atoms with Gasteiger partial charge in [-0.25, -0.2) is 4.79 Å². The average molecular weight is 428 g/mol. The summed E-state index contributed by atoms with van der Waals surface area (Å²) in [4.78, 5) is 35.8. The molecule has 0 atom stereocenters. The molecule has 0 radical (unpaired) electrons. The molecule has 2 aromatic rings. The minimum atomic E-state index is -0.585.